The van der Waals surface area contributed by atoms with Gasteiger partial charge in [0.15, 0.2) is 0 Å². The first kappa shape index (κ1) is 15.4. The maximum absolute atomic E-state index is 12.8. The van der Waals surface area contributed by atoms with Gasteiger partial charge in [0, 0.05) is 5.56 Å². The van der Waals surface area contributed by atoms with Gasteiger partial charge in [0.1, 0.15) is 5.82 Å². The number of benzene rings is 2. The molecule has 0 saturated carbocycles. The Morgan fingerprint density at radius 2 is 1.92 bits per heavy atom. The Hall–Kier alpha value is -3.15. The predicted molar refractivity (Wildman–Crippen MR) is 97.5 cm³/mol. The minimum atomic E-state index is -0.157. The number of anilines is 2. The van der Waals surface area contributed by atoms with E-state index in [-0.39, 0.29) is 17.9 Å². The van der Waals surface area contributed by atoms with E-state index in [2.05, 4.69) is 28.2 Å². The normalized spacial score (nSPS) is 16.2. The molecule has 4 N–H and O–H groups in total. The third kappa shape index (κ3) is 2.65. The van der Waals surface area contributed by atoms with Crippen molar-refractivity contribution in [3.8, 4) is 0 Å². The van der Waals surface area contributed by atoms with Crippen LogP contribution in [0, 0.1) is 0 Å². The Morgan fingerprint density at radius 1 is 1.16 bits per heavy atom. The molecule has 1 atom stereocenters. The highest BCUT2D eigenvalue weighted by atomic mass is 16.2. The summed E-state index contributed by atoms with van der Waals surface area (Å²) in [4.78, 5) is 22.9. The summed E-state index contributed by atoms with van der Waals surface area (Å²) in [5.41, 5.74) is 14.2. The zero-order chi connectivity index (χ0) is 17.6. The van der Waals surface area contributed by atoms with Gasteiger partial charge in [-0.25, -0.2) is 4.98 Å². The lowest BCUT2D eigenvalue weighted by Crippen LogP contribution is -2.29. The average molecular weight is 333 g/mol. The van der Waals surface area contributed by atoms with Crippen LogP contribution in [0.15, 0.2) is 42.5 Å². The van der Waals surface area contributed by atoms with Gasteiger partial charge in [0.2, 0.25) is 11.9 Å². The maximum atomic E-state index is 12.8. The number of fused-ring (bicyclic) bond motifs is 2. The minimum absolute atomic E-state index is 0.0405. The summed E-state index contributed by atoms with van der Waals surface area (Å²) < 4.78 is 0. The molecule has 1 aromatic heterocycles. The number of carbonyl (C=O) groups excluding carboxylic acids is 1. The first-order valence-corrected chi connectivity index (χ1v) is 8.22. The summed E-state index contributed by atoms with van der Waals surface area (Å²) >= 11 is 0. The van der Waals surface area contributed by atoms with E-state index in [0.717, 1.165) is 22.2 Å². The second kappa shape index (κ2) is 5.73. The van der Waals surface area contributed by atoms with Crippen LogP contribution in [0.3, 0.4) is 0 Å². The third-order valence-electron chi connectivity index (χ3n) is 4.77. The van der Waals surface area contributed by atoms with Gasteiger partial charge >= 0.3 is 0 Å². The minimum Gasteiger partial charge on any atom is -0.383 e. The van der Waals surface area contributed by atoms with Gasteiger partial charge in [-0.1, -0.05) is 42.5 Å². The van der Waals surface area contributed by atoms with E-state index in [0.29, 0.717) is 18.8 Å². The maximum Gasteiger partial charge on any atom is 0.227 e. The van der Waals surface area contributed by atoms with E-state index < -0.39 is 0 Å². The van der Waals surface area contributed by atoms with Crippen molar-refractivity contribution in [1.29, 1.82) is 0 Å². The Balaban J connectivity index is 1.58. The van der Waals surface area contributed by atoms with Crippen LogP contribution in [0.4, 0.5) is 11.8 Å². The quantitative estimate of drug-likeness (QED) is 0.750. The highest BCUT2D eigenvalue weighted by molar-refractivity contribution is 5.86. The standard InChI is InChI=1S/C19H19N5O/c1-11-17-15(18(20)23-19(21)22-17)10-24(11)16(25)9-12-6-7-13-4-2-3-5-14(13)8-12/h2-8,11H,9-10H2,1H3,(H4,20,21,22,23)/t11-/m0/s1. The second-order valence-corrected chi connectivity index (χ2v) is 6.39. The second-order valence-electron chi connectivity index (χ2n) is 6.39. The largest absolute Gasteiger partial charge is 0.383 e. The van der Waals surface area contributed by atoms with Crippen molar-refractivity contribution in [3.63, 3.8) is 0 Å². The van der Waals surface area contributed by atoms with Gasteiger partial charge in [0.25, 0.3) is 0 Å². The molecule has 1 aliphatic rings. The third-order valence-corrected chi connectivity index (χ3v) is 4.77. The molecule has 0 fully saturated rings. The van der Waals surface area contributed by atoms with E-state index >= 15 is 0 Å². The number of nitrogen functional groups attached to an aromatic ring is 2. The molecule has 25 heavy (non-hydrogen) atoms. The van der Waals surface area contributed by atoms with Crippen LogP contribution in [-0.2, 0) is 17.8 Å². The molecular weight excluding hydrogens is 314 g/mol. The summed E-state index contributed by atoms with van der Waals surface area (Å²) in [6.45, 7) is 2.37. The molecule has 0 bridgehead atoms. The lowest BCUT2D eigenvalue weighted by atomic mass is 10.0. The number of rotatable bonds is 2. The lowest BCUT2D eigenvalue weighted by Gasteiger charge is -2.21. The topological polar surface area (TPSA) is 98.1 Å². The SMILES string of the molecule is C[C@H]1c2nc(N)nc(N)c2CN1C(=O)Cc1ccc2ccccc2c1. The molecule has 4 rings (SSSR count). The number of hydrogen-bond donors (Lipinski definition) is 2. The molecule has 3 aromatic rings. The lowest BCUT2D eigenvalue weighted by molar-refractivity contribution is -0.132. The molecule has 126 valence electrons. The van der Waals surface area contributed by atoms with Crippen LogP contribution in [0.5, 0.6) is 0 Å². The fraction of sp³-hybridized carbons (Fsp3) is 0.211. The molecule has 0 unspecified atom stereocenters. The van der Waals surface area contributed by atoms with E-state index in [1.807, 2.05) is 31.2 Å². The van der Waals surface area contributed by atoms with Gasteiger partial charge in [-0.05, 0) is 23.3 Å². The molecule has 2 aromatic carbocycles. The number of hydrogen-bond acceptors (Lipinski definition) is 5. The van der Waals surface area contributed by atoms with Crippen molar-refractivity contribution in [1.82, 2.24) is 14.9 Å². The number of aromatic nitrogens is 2. The molecular formula is C19H19N5O. The molecule has 0 spiro atoms. The average Bonchev–Trinajstić information content (AvgIpc) is 2.92. The zero-order valence-corrected chi connectivity index (χ0v) is 13.9. The van der Waals surface area contributed by atoms with Crippen LogP contribution in [0.25, 0.3) is 10.8 Å². The van der Waals surface area contributed by atoms with Crippen LogP contribution in [-0.4, -0.2) is 20.8 Å². The monoisotopic (exact) mass is 333 g/mol. The summed E-state index contributed by atoms with van der Waals surface area (Å²) in [5.74, 6) is 0.543. The van der Waals surface area contributed by atoms with E-state index in [9.17, 15) is 4.79 Å². The molecule has 0 radical (unpaired) electrons. The Morgan fingerprint density at radius 3 is 2.72 bits per heavy atom. The summed E-state index contributed by atoms with van der Waals surface area (Å²) in [7, 11) is 0. The first-order chi connectivity index (χ1) is 12.0. The Labute approximate surface area is 145 Å². The van der Waals surface area contributed by atoms with Gasteiger partial charge in [-0.15, -0.1) is 0 Å². The van der Waals surface area contributed by atoms with Crippen molar-refractivity contribution in [2.45, 2.75) is 25.9 Å². The Bertz CT molecular complexity index is 985. The highest BCUT2D eigenvalue weighted by Crippen LogP contribution is 2.35. The van der Waals surface area contributed by atoms with E-state index in [1.54, 1.807) is 4.90 Å². The zero-order valence-electron chi connectivity index (χ0n) is 13.9. The first-order valence-electron chi connectivity index (χ1n) is 8.22. The van der Waals surface area contributed by atoms with Crippen molar-refractivity contribution in [2.75, 3.05) is 11.5 Å². The van der Waals surface area contributed by atoms with Gasteiger partial charge in [-0.2, -0.15) is 4.98 Å². The molecule has 0 aliphatic carbocycles. The Kier molecular flexibility index (Phi) is 3.53. The number of carbonyl (C=O) groups is 1. The molecule has 2 heterocycles. The van der Waals surface area contributed by atoms with Gasteiger partial charge < -0.3 is 16.4 Å². The number of nitrogens with zero attached hydrogens (tertiary/aromatic N) is 3. The fourth-order valence-electron chi connectivity index (χ4n) is 3.43. The summed E-state index contributed by atoms with van der Waals surface area (Å²) in [6, 6.07) is 14.1. The van der Waals surface area contributed by atoms with Crippen LogP contribution < -0.4 is 11.5 Å². The van der Waals surface area contributed by atoms with Crippen molar-refractivity contribution in [3.05, 3.63) is 59.3 Å². The smallest absolute Gasteiger partial charge is 0.227 e. The summed E-state index contributed by atoms with van der Waals surface area (Å²) in [5, 5.41) is 2.30. The molecule has 6 heteroatoms. The number of amides is 1. The number of nitrogens with two attached hydrogens (primary N) is 2. The van der Waals surface area contributed by atoms with E-state index in [4.69, 9.17) is 11.5 Å². The van der Waals surface area contributed by atoms with Gasteiger partial charge in [0.05, 0.1) is 24.7 Å². The van der Waals surface area contributed by atoms with Crippen LogP contribution >= 0.6 is 0 Å². The van der Waals surface area contributed by atoms with Crippen molar-refractivity contribution in [2.24, 2.45) is 0 Å². The fourth-order valence-corrected chi connectivity index (χ4v) is 3.43. The van der Waals surface area contributed by atoms with Crippen molar-refractivity contribution < 1.29 is 4.79 Å². The molecule has 0 saturated heterocycles. The van der Waals surface area contributed by atoms with Crippen LogP contribution in [0.1, 0.15) is 29.8 Å². The molecule has 1 amide bonds. The summed E-state index contributed by atoms with van der Waals surface area (Å²) in [6.07, 6.45) is 0.339. The van der Waals surface area contributed by atoms with Crippen LogP contribution in [0.2, 0.25) is 0 Å². The molecule has 6 nitrogen and oxygen atoms in total. The van der Waals surface area contributed by atoms with Crippen molar-refractivity contribution >= 4 is 28.4 Å². The molecule has 1 aliphatic heterocycles. The van der Waals surface area contributed by atoms with Gasteiger partial charge in [-0.3, -0.25) is 4.79 Å². The van der Waals surface area contributed by atoms with E-state index in [1.165, 1.54) is 5.39 Å². The highest BCUT2D eigenvalue weighted by Gasteiger charge is 2.33. The predicted octanol–water partition coefficient (Wildman–Crippen LogP) is 2.44.